The molecule has 1 aliphatic heterocycles. The fourth-order valence-electron chi connectivity index (χ4n) is 3.28. The lowest BCUT2D eigenvalue weighted by molar-refractivity contribution is 0.0661. The molecule has 1 aliphatic rings. The zero-order valence-corrected chi connectivity index (χ0v) is 16.2. The maximum atomic E-state index is 13.0. The molecule has 1 saturated heterocycles. The molecule has 3 rings (SSSR count). The lowest BCUT2D eigenvalue weighted by atomic mass is 10.2. The van der Waals surface area contributed by atoms with Gasteiger partial charge in [-0.1, -0.05) is 30.3 Å². The van der Waals surface area contributed by atoms with Gasteiger partial charge in [-0.3, -0.25) is 9.69 Å². The van der Waals surface area contributed by atoms with E-state index in [0.29, 0.717) is 43.4 Å². The van der Waals surface area contributed by atoms with E-state index in [1.807, 2.05) is 39.2 Å². The molecule has 1 aromatic heterocycles. The second-order valence-corrected chi connectivity index (χ2v) is 7.19. The van der Waals surface area contributed by atoms with E-state index in [0.717, 1.165) is 6.54 Å². The number of aliphatic hydroxyl groups excluding tert-OH is 1. The van der Waals surface area contributed by atoms with Gasteiger partial charge in [-0.25, -0.2) is 9.97 Å². The number of hydrogen-bond acceptors (Lipinski definition) is 6. The molecule has 7 heteroatoms. The number of β-amino-alcohol motifs (C(OH)–C–C–N with tert-alkyl or cyclic N) is 1. The summed E-state index contributed by atoms with van der Waals surface area (Å²) in [6, 6.07) is 10.2. The second kappa shape index (κ2) is 8.45. The Morgan fingerprint density at radius 3 is 2.63 bits per heavy atom. The van der Waals surface area contributed by atoms with Gasteiger partial charge in [-0.2, -0.15) is 0 Å². The molecule has 0 saturated carbocycles. The van der Waals surface area contributed by atoms with Crippen LogP contribution in [-0.4, -0.2) is 77.2 Å². The molecule has 0 radical (unpaired) electrons. The first-order valence-corrected chi connectivity index (χ1v) is 9.18. The molecule has 1 fully saturated rings. The van der Waals surface area contributed by atoms with Gasteiger partial charge in [-0.15, -0.1) is 0 Å². The van der Waals surface area contributed by atoms with Crippen LogP contribution in [-0.2, 0) is 6.54 Å². The third kappa shape index (κ3) is 4.81. The predicted molar refractivity (Wildman–Crippen MR) is 105 cm³/mol. The number of amides is 1. The zero-order valence-electron chi connectivity index (χ0n) is 16.2. The smallest absolute Gasteiger partial charge is 0.257 e. The Kier molecular flexibility index (Phi) is 6.03. The van der Waals surface area contributed by atoms with Crippen molar-refractivity contribution in [1.82, 2.24) is 19.8 Å². The van der Waals surface area contributed by atoms with Crippen molar-refractivity contribution in [2.75, 3.05) is 45.2 Å². The van der Waals surface area contributed by atoms with Crippen molar-refractivity contribution < 1.29 is 9.90 Å². The van der Waals surface area contributed by atoms with E-state index in [-0.39, 0.29) is 5.91 Å². The summed E-state index contributed by atoms with van der Waals surface area (Å²) >= 11 is 0. The average molecular weight is 369 g/mol. The van der Waals surface area contributed by atoms with E-state index in [2.05, 4.69) is 27.0 Å². The quantitative estimate of drug-likeness (QED) is 0.872. The highest BCUT2D eigenvalue weighted by atomic mass is 16.3. The molecular weight excluding hydrogens is 342 g/mol. The Hall–Kier alpha value is -2.51. The van der Waals surface area contributed by atoms with Crippen LogP contribution in [0.4, 0.5) is 5.95 Å². The van der Waals surface area contributed by atoms with Crippen LogP contribution in [0.15, 0.2) is 36.5 Å². The van der Waals surface area contributed by atoms with Crippen LogP contribution in [0, 0.1) is 6.92 Å². The SMILES string of the molecule is Cc1nc(N(C)C)ncc1C(=O)N1CCN(Cc2ccccc2)CC(O)C1. The summed E-state index contributed by atoms with van der Waals surface area (Å²) in [6.45, 7) is 4.73. The molecule has 0 spiro atoms. The molecule has 1 atom stereocenters. The standard InChI is InChI=1S/C20H27N5O2/c1-15-18(11-21-20(22-15)23(2)3)19(27)25-10-9-24(13-17(26)14-25)12-16-7-5-4-6-8-16/h4-8,11,17,26H,9-10,12-14H2,1-3H3. The van der Waals surface area contributed by atoms with E-state index in [9.17, 15) is 9.90 Å². The van der Waals surface area contributed by atoms with Gasteiger partial charge >= 0.3 is 0 Å². The summed E-state index contributed by atoms with van der Waals surface area (Å²) in [5.41, 5.74) is 2.34. The van der Waals surface area contributed by atoms with Crippen molar-refractivity contribution in [1.29, 1.82) is 0 Å². The number of nitrogens with zero attached hydrogens (tertiary/aromatic N) is 5. The highest BCUT2D eigenvalue weighted by Crippen LogP contribution is 2.15. The lowest BCUT2D eigenvalue weighted by Crippen LogP contribution is -2.38. The minimum Gasteiger partial charge on any atom is -0.390 e. The van der Waals surface area contributed by atoms with Crippen molar-refractivity contribution >= 4 is 11.9 Å². The number of carbonyl (C=O) groups is 1. The first-order valence-electron chi connectivity index (χ1n) is 9.18. The Morgan fingerprint density at radius 2 is 1.96 bits per heavy atom. The molecule has 7 nitrogen and oxygen atoms in total. The van der Waals surface area contributed by atoms with E-state index in [1.54, 1.807) is 16.0 Å². The van der Waals surface area contributed by atoms with Crippen LogP contribution in [0.25, 0.3) is 0 Å². The molecule has 0 bridgehead atoms. The third-order valence-corrected chi connectivity index (χ3v) is 4.72. The van der Waals surface area contributed by atoms with Crippen LogP contribution in [0.3, 0.4) is 0 Å². The highest BCUT2D eigenvalue weighted by molar-refractivity contribution is 5.95. The maximum Gasteiger partial charge on any atom is 0.257 e. The second-order valence-electron chi connectivity index (χ2n) is 7.19. The molecule has 1 N–H and O–H groups in total. The molecular formula is C20H27N5O2. The van der Waals surface area contributed by atoms with Gasteiger partial charge in [-0.05, 0) is 12.5 Å². The van der Waals surface area contributed by atoms with Gasteiger partial charge in [0.15, 0.2) is 0 Å². The average Bonchev–Trinajstić information content (AvgIpc) is 2.83. The lowest BCUT2D eigenvalue weighted by Gasteiger charge is -2.22. The number of hydrogen-bond donors (Lipinski definition) is 1. The topological polar surface area (TPSA) is 72.8 Å². The maximum absolute atomic E-state index is 13.0. The Labute approximate surface area is 160 Å². The number of benzene rings is 1. The third-order valence-electron chi connectivity index (χ3n) is 4.72. The number of rotatable bonds is 4. The Morgan fingerprint density at radius 1 is 1.22 bits per heavy atom. The van der Waals surface area contributed by atoms with Crippen molar-refractivity contribution in [2.24, 2.45) is 0 Å². The van der Waals surface area contributed by atoms with Crippen molar-refractivity contribution in [3.05, 3.63) is 53.3 Å². The molecule has 144 valence electrons. The number of aryl methyl sites for hydroxylation is 1. The highest BCUT2D eigenvalue weighted by Gasteiger charge is 2.26. The van der Waals surface area contributed by atoms with Gasteiger partial charge in [0.05, 0.1) is 17.4 Å². The first-order chi connectivity index (χ1) is 12.9. The monoisotopic (exact) mass is 369 g/mol. The molecule has 0 aliphatic carbocycles. The van der Waals surface area contributed by atoms with E-state index in [1.165, 1.54) is 5.56 Å². The molecule has 2 heterocycles. The minimum atomic E-state index is -0.581. The zero-order chi connectivity index (χ0) is 19.4. The summed E-state index contributed by atoms with van der Waals surface area (Å²) < 4.78 is 0. The number of aliphatic hydroxyl groups is 1. The van der Waals surface area contributed by atoms with E-state index >= 15 is 0 Å². The number of anilines is 1. The summed E-state index contributed by atoms with van der Waals surface area (Å²) in [5.74, 6) is 0.451. The summed E-state index contributed by atoms with van der Waals surface area (Å²) in [6.07, 6.45) is 1.00. The number of aromatic nitrogens is 2. The molecule has 1 amide bonds. The van der Waals surface area contributed by atoms with Gasteiger partial charge in [0.2, 0.25) is 5.95 Å². The number of carbonyl (C=O) groups excluding carboxylic acids is 1. The minimum absolute atomic E-state index is 0.126. The van der Waals surface area contributed by atoms with Crippen LogP contribution in [0.2, 0.25) is 0 Å². The van der Waals surface area contributed by atoms with E-state index in [4.69, 9.17) is 0 Å². The molecule has 27 heavy (non-hydrogen) atoms. The van der Waals surface area contributed by atoms with Crippen LogP contribution in [0.1, 0.15) is 21.6 Å². The fourth-order valence-corrected chi connectivity index (χ4v) is 3.28. The first kappa shape index (κ1) is 19.3. The molecule has 1 unspecified atom stereocenters. The predicted octanol–water partition coefficient (Wildman–Crippen LogP) is 1.17. The van der Waals surface area contributed by atoms with Crippen molar-refractivity contribution in [3.63, 3.8) is 0 Å². The molecule has 1 aromatic carbocycles. The summed E-state index contributed by atoms with van der Waals surface area (Å²) in [7, 11) is 3.73. The normalized spacial score (nSPS) is 18.2. The van der Waals surface area contributed by atoms with Crippen molar-refractivity contribution in [3.8, 4) is 0 Å². The largest absolute Gasteiger partial charge is 0.390 e. The summed E-state index contributed by atoms with van der Waals surface area (Å²) in [4.78, 5) is 27.3. The molecule has 2 aromatic rings. The van der Waals surface area contributed by atoms with Gasteiger partial charge in [0.25, 0.3) is 5.91 Å². The summed E-state index contributed by atoms with van der Waals surface area (Å²) in [5, 5.41) is 10.4. The van der Waals surface area contributed by atoms with Gasteiger partial charge in [0, 0.05) is 53.0 Å². The Balaban J connectivity index is 1.69. The van der Waals surface area contributed by atoms with Gasteiger partial charge < -0.3 is 14.9 Å². The van der Waals surface area contributed by atoms with Crippen LogP contribution < -0.4 is 4.90 Å². The van der Waals surface area contributed by atoms with Crippen LogP contribution >= 0.6 is 0 Å². The fraction of sp³-hybridized carbons (Fsp3) is 0.450. The Bertz CT molecular complexity index is 781. The van der Waals surface area contributed by atoms with Crippen molar-refractivity contribution in [2.45, 2.75) is 19.6 Å². The van der Waals surface area contributed by atoms with E-state index < -0.39 is 6.10 Å². The van der Waals surface area contributed by atoms with Crippen LogP contribution in [0.5, 0.6) is 0 Å². The van der Waals surface area contributed by atoms with Gasteiger partial charge in [0.1, 0.15) is 0 Å².